The minimum absolute atomic E-state index is 0.629. The molecule has 7 nitrogen and oxygen atoms in total. The monoisotopic (exact) mass is 359 g/mol. The molecule has 0 aromatic carbocycles. The van der Waals surface area contributed by atoms with Gasteiger partial charge in [0.25, 0.3) is 0 Å². The molecule has 0 spiro atoms. The van der Waals surface area contributed by atoms with Crippen molar-refractivity contribution in [3.63, 3.8) is 0 Å². The van der Waals surface area contributed by atoms with Gasteiger partial charge < -0.3 is 15.1 Å². The first-order valence-electron chi connectivity index (χ1n) is 8.65. The van der Waals surface area contributed by atoms with Gasteiger partial charge in [-0.3, -0.25) is 0 Å². The molecule has 1 aliphatic heterocycles. The van der Waals surface area contributed by atoms with E-state index < -0.39 is 0 Å². The number of anilines is 1. The molecule has 134 valence electrons. The Bertz CT molecular complexity index is 686. The molecule has 0 unspecified atom stereocenters. The fourth-order valence-electron chi connectivity index (χ4n) is 2.75. The van der Waals surface area contributed by atoms with Gasteiger partial charge in [-0.2, -0.15) is 0 Å². The number of thiazole rings is 1. The van der Waals surface area contributed by atoms with Gasteiger partial charge in [0.05, 0.1) is 12.2 Å². The Morgan fingerprint density at radius 1 is 1.20 bits per heavy atom. The van der Waals surface area contributed by atoms with Crippen LogP contribution in [0, 0.1) is 13.8 Å². The first kappa shape index (κ1) is 17.6. The molecule has 1 fully saturated rings. The summed E-state index contributed by atoms with van der Waals surface area (Å²) in [4.78, 5) is 23.8. The summed E-state index contributed by atoms with van der Waals surface area (Å²) >= 11 is 1.73. The molecule has 2 aromatic heterocycles. The van der Waals surface area contributed by atoms with Crippen molar-refractivity contribution in [3.8, 4) is 0 Å². The number of aliphatic imine (C=N–C) groups is 1. The van der Waals surface area contributed by atoms with E-state index >= 15 is 0 Å². The van der Waals surface area contributed by atoms with E-state index in [-0.39, 0.29) is 0 Å². The zero-order valence-electron chi connectivity index (χ0n) is 15.1. The highest BCUT2D eigenvalue weighted by Gasteiger charge is 2.21. The van der Waals surface area contributed by atoms with Crippen molar-refractivity contribution in [2.45, 2.75) is 27.3 Å². The summed E-state index contributed by atoms with van der Waals surface area (Å²) in [5, 5.41) is 4.47. The predicted molar refractivity (Wildman–Crippen MR) is 102 cm³/mol. The maximum atomic E-state index is 4.79. The molecule has 1 saturated heterocycles. The van der Waals surface area contributed by atoms with Crippen LogP contribution in [0.5, 0.6) is 0 Å². The zero-order chi connectivity index (χ0) is 17.6. The third-order valence-electron chi connectivity index (χ3n) is 4.19. The van der Waals surface area contributed by atoms with Crippen molar-refractivity contribution in [1.82, 2.24) is 25.2 Å². The van der Waals surface area contributed by atoms with Crippen LogP contribution in [0.2, 0.25) is 0 Å². The van der Waals surface area contributed by atoms with Gasteiger partial charge >= 0.3 is 0 Å². The molecule has 3 heterocycles. The molecular formula is C17H25N7S. The molecule has 3 rings (SSSR count). The van der Waals surface area contributed by atoms with Crippen LogP contribution in [0.15, 0.2) is 23.5 Å². The molecule has 1 N–H and O–H groups in total. The molecule has 0 amide bonds. The highest BCUT2D eigenvalue weighted by molar-refractivity contribution is 7.11. The highest BCUT2D eigenvalue weighted by Crippen LogP contribution is 2.17. The van der Waals surface area contributed by atoms with Crippen LogP contribution < -0.4 is 10.2 Å². The van der Waals surface area contributed by atoms with Crippen molar-refractivity contribution >= 4 is 23.2 Å². The molecular weight excluding hydrogens is 334 g/mol. The van der Waals surface area contributed by atoms with Gasteiger partial charge in [0.1, 0.15) is 5.01 Å². The Balaban J connectivity index is 1.62. The second kappa shape index (κ2) is 8.24. The Labute approximate surface area is 152 Å². The maximum absolute atomic E-state index is 4.79. The van der Waals surface area contributed by atoms with E-state index in [2.05, 4.69) is 50.8 Å². The smallest absolute Gasteiger partial charge is 0.225 e. The van der Waals surface area contributed by atoms with Crippen molar-refractivity contribution in [2.24, 2.45) is 4.99 Å². The van der Waals surface area contributed by atoms with E-state index in [0.717, 1.165) is 55.3 Å². The van der Waals surface area contributed by atoms with Crippen LogP contribution in [0.1, 0.15) is 22.5 Å². The number of piperazine rings is 1. The summed E-state index contributed by atoms with van der Waals surface area (Å²) in [7, 11) is 0. The lowest BCUT2D eigenvalue weighted by Gasteiger charge is -2.36. The number of nitrogens with zero attached hydrogens (tertiary/aromatic N) is 6. The zero-order valence-corrected chi connectivity index (χ0v) is 15.9. The highest BCUT2D eigenvalue weighted by atomic mass is 32.1. The minimum atomic E-state index is 0.629. The van der Waals surface area contributed by atoms with E-state index in [4.69, 9.17) is 4.99 Å². The summed E-state index contributed by atoms with van der Waals surface area (Å²) in [5.41, 5.74) is 1.11. The second-order valence-corrected chi connectivity index (χ2v) is 7.23. The first-order chi connectivity index (χ1) is 12.2. The topological polar surface area (TPSA) is 69.5 Å². The van der Waals surface area contributed by atoms with Gasteiger partial charge in [-0.25, -0.2) is 19.9 Å². The van der Waals surface area contributed by atoms with E-state index in [1.165, 1.54) is 4.88 Å². The summed E-state index contributed by atoms with van der Waals surface area (Å²) in [5.74, 6) is 1.76. The Kier molecular flexibility index (Phi) is 5.80. The van der Waals surface area contributed by atoms with Crippen LogP contribution >= 0.6 is 11.3 Å². The largest absolute Gasteiger partial charge is 0.357 e. The standard InChI is InChI=1S/C17H25N7S/c1-4-18-16(21-12-15-22-13(2)14(3)25-15)23-8-10-24(11-9-23)17-19-6-5-7-20-17/h5-7H,4,8-12H2,1-3H3,(H,18,21). The third-order valence-corrected chi connectivity index (χ3v) is 5.24. The molecule has 0 bridgehead atoms. The fourth-order valence-corrected chi connectivity index (χ4v) is 3.61. The maximum Gasteiger partial charge on any atom is 0.225 e. The summed E-state index contributed by atoms with van der Waals surface area (Å²) in [6.45, 7) is 11.3. The molecule has 0 radical (unpaired) electrons. The fraction of sp³-hybridized carbons (Fsp3) is 0.529. The van der Waals surface area contributed by atoms with Crippen molar-refractivity contribution in [2.75, 3.05) is 37.6 Å². The van der Waals surface area contributed by atoms with Crippen LogP contribution in [0.4, 0.5) is 5.95 Å². The molecule has 0 saturated carbocycles. The van der Waals surface area contributed by atoms with Gasteiger partial charge in [0.2, 0.25) is 5.95 Å². The summed E-state index contributed by atoms with van der Waals surface area (Å²) < 4.78 is 0. The average Bonchev–Trinajstić information content (AvgIpc) is 2.97. The lowest BCUT2D eigenvalue weighted by atomic mass is 10.3. The number of rotatable bonds is 4. The number of aryl methyl sites for hydroxylation is 2. The molecule has 0 aliphatic carbocycles. The second-order valence-electron chi connectivity index (χ2n) is 5.94. The van der Waals surface area contributed by atoms with Crippen LogP contribution in [-0.2, 0) is 6.54 Å². The molecule has 25 heavy (non-hydrogen) atoms. The lowest BCUT2D eigenvalue weighted by Crippen LogP contribution is -2.52. The van der Waals surface area contributed by atoms with Crippen molar-refractivity contribution < 1.29 is 0 Å². The Morgan fingerprint density at radius 3 is 2.52 bits per heavy atom. The SMILES string of the molecule is CCNC(=NCc1nc(C)c(C)s1)N1CCN(c2ncccn2)CC1. The normalized spacial score (nSPS) is 15.6. The van der Waals surface area contributed by atoms with Gasteiger partial charge in [-0.1, -0.05) is 0 Å². The predicted octanol–water partition coefficient (Wildman–Crippen LogP) is 1.84. The first-order valence-corrected chi connectivity index (χ1v) is 9.47. The van der Waals surface area contributed by atoms with E-state index in [1.54, 1.807) is 23.7 Å². The van der Waals surface area contributed by atoms with E-state index in [1.807, 2.05) is 6.07 Å². The molecule has 2 aromatic rings. The summed E-state index contributed by atoms with van der Waals surface area (Å²) in [6, 6.07) is 1.84. The quantitative estimate of drug-likeness (QED) is 0.664. The van der Waals surface area contributed by atoms with Crippen LogP contribution in [-0.4, -0.2) is 58.5 Å². The Hall–Kier alpha value is -2.22. The van der Waals surface area contributed by atoms with Crippen molar-refractivity contribution in [3.05, 3.63) is 34.0 Å². The number of hydrogen-bond donors (Lipinski definition) is 1. The molecule has 8 heteroatoms. The van der Waals surface area contributed by atoms with Crippen molar-refractivity contribution in [1.29, 1.82) is 0 Å². The third kappa shape index (κ3) is 4.45. The molecule has 1 aliphatic rings. The number of guanidine groups is 1. The number of hydrogen-bond acceptors (Lipinski definition) is 6. The van der Waals surface area contributed by atoms with Gasteiger partial charge in [0.15, 0.2) is 5.96 Å². The van der Waals surface area contributed by atoms with E-state index in [9.17, 15) is 0 Å². The van der Waals surface area contributed by atoms with Crippen LogP contribution in [0.3, 0.4) is 0 Å². The lowest BCUT2D eigenvalue weighted by molar-refractivity contribution is 0.370. The van der Waals surface area contributed by atoms with Gasteiger partial charge in [-0.05, 0) is 26.8 Å². The van der Waals surface area contributed by atoms with E-state index in [0.29, 0.717) is 6.54 Å². The number of aromatic nitrogens is 3. The van der Waals surface area contributed by atoms with Crippen LogP contribution in [0.25, 0.3) is 0 Å². The number of nitrogens with one attached hydrogen (secondary N) is 1. The minimum Gasteiger partial charge on any atom is -0.357 e. The summed E-state index contributed by atoms with van der Waals surface area (Å²) in [6.07, 6.45) is 3.58. The Morgan fingerprint density at radius 2 is 1.92 bits per heavy atom. The van der Waals surface area contributed by atoms with Gasteiger partial charge in [-0.15, -0.1) is 11.3 Å². The average molecular weight is 360 g/mol. The van der Waals surface area contributed by atoms with Gasteiger partial charge in [0, 0.05) is 50.0 Å². The molecule has 0 atom stereocenters.